The Balaban J connectivity index is 2.27. The van der Waals surface area contributed by atoms with Gasteiger partial charge in [-0.3, -0.25) is 0 Å². The Bertz CT molecular complexity index is 374. The monoisotopic (exact) mass is 241 g/mol. The molecule has 16 heavy (non-hydrogen) atoms. The van der Waals surface area contributed by atoms with E-state index in [1.165, 1.54) is 12.8 Å². The third-order valence-corrected chi connectivity index (χ3v) is 3.21. The molecule has 1 fully saturated rings. The lowest BCUT2D eigenvalue weighted by Crippen LogP contribution is -2.30. The summed E-state index contributed by atoms with van der Waals surface area (Å²) in [5.74, 6) is 0.296. The standard InChI is InChI=1S/C13H17ClFN/c1-8(2)16-13(9-6-7-9)10-4-3-5-11(14)12(10)15/h3-5,8-9,13,16H,6-7H2,1-2H3. The summed E-state index contributed by atoms with van der Waals surface area (Å²) in [4.78, 5) is 0. The first-order valence-corrected chi connectivity index (χ1v) is 6.17. The molecule has 0 aromatic heterocycles. The van der Waals surface area contributed by atoms with E-state index in [-0.39, 0.29) is 16.9 Å². The Hall–Kier alpha value is -0.600. The lowest BCUT2D eigenvalue weighted by atomic mass is 10.0. The van der Waals surface area contributed by atoms with Gasteiger partial charge in [0.2, 0.25) is 0 Å². The summed E-state index contributed by atoms with van der Waals surface area (Å²) in [6.07, 6.45) is 2.35. The highest BCUT2D eigenvalue weighted by Gasteiger charge is 2.34. The second-order valence-corrected chi connectivity index (χ2v) is 5.19. The van der Waals surface area contributed by atoms with E-state index in [0.717, 1.165) is 0 Å². The van der Waals surface area contributed by atoms with Crippen molar-refractivity contribution >= 4 is 11.6 Å². The first-order valence-electron chi connectivity index (χ1n) is 5.79. The molecule has 0 radical (unpaired) electrons. The van der Waals surface area contributed by atoms with Crippen LogP contribution in [0.2, 0.25) is 5.02 Å². The van der Waals surface area contributed by atoms with Gasteiger partial charge in [0.05, 0.1) is 5.02 Å². The van der Waals surface area contributed by atoms with Crippen LogP contribution < -0.4 is 5.32 Å². The first-order chi connectivity index (χ1) is 7.59. The van der Waals surface area contributed by atoms with Crippen LogP contribution in [0, 0.1) is 11.7 Å². The predicted octanol–water partition coefficient (Wildman–Crippen LogP) is 3.93. The van der Waals surface area contributed by atoms with Crippen molar-refractivity contribution in [2.45, 2.75) is 38.8 Å². The number of rotatable bonds is 4. The molecule has 0 saturated heterocycles. The van der Waals surface area contributed by atoms with Gasteiger partial charge >= 0.3 is 0 Å². The van der Waals surface area contributed by atoms with Gasteiger partial charge in [0.15, 0.2) is 0 Å². The van der Waals surface area contributed by atoms with E-state index in [1.54, 1.807) is 6.07 Å². The fraction of sp³-hybridized carbons (Fsp3) is 0.538. The molecule has 1 saturated carbocycles. The quantitative estimate of drug-likeness (QED) is 0.842. The van der Waals surface area contributed by atoms with E-state index in [4.69, 9.17) is 11.6 Å². The van der Waals surface area contributed by atoms with Crippen LogP contribution in [-0.2, 0) is 0 Å². The molecule has 1 nitrogen and oxygen atoms in total. The van der Waals surface area contributed by atoms with Gasteiger partial charge in [0.1, 0.15) is 5.82 Å². The van der Waals surface area contributed by atoms with Gasteiger partial charge in [-0.2, -0.15) is 0 Å². The molecular formula is C13H17ClFN. The molecule has 1 atom stereocenters. The summed E-state index contributed by atoms with van der Waals surface area (Å²) in [5, 5.41) is 3.64. The van der Waals surface area contributed by atoms with Crippen LogP contribution in [0.4, 0.5) is 4.39 Å². The lowest BCUT2D eigenvalue weighted by Gasteiger charge is -2.22. The van der Waals surface area contributed by atoms with Gasteiger partial charge < -0.3 is 5.32 Å². The zero-order valence-electron chi connectivity index (χ0n) is 9.63. The zero-order valence-corrected chi connectivity index (χ0v) is 10.4. The van der Waals surface area contributed by atoms with Crippen LogP contribution in [0.1, 0.15) is 38.3 Å². The number of benzene rings is 1. The maximum atomic E-state index is 13.9. The van der Waals surface area contributed by atoms with Crippen LogP contribution in [0.25, 0.3) is 0 Å². The van der Waals surface area contributed by atoms with Crippen LogP contribution in [0.15, 0.2) is 18.2 Å². The van der Waals surface area contributed by atoms with E-state index in [2.05, 4.69) is 19.2 Å². The summed E-state index contributed by atoms with van der Waals surface area (Å²) < 4.78 is 13.9. The molecule has 1 unspecified atom stereocenters. The molecule has 0 heterocycles. The second-order valence-electron chi connectivity index (χ2n) is 4.78. The smallest absolute Gasteiger partial charge is 0.146 e. The average Bonchev–Trinajstić information content (AvgIpc) is 3.02. The third kappa shape index (κ3) is 2.55. The maximum Gasteiger partial charge on any atom is 0.146 e. The van der Waals surface area contributed by atoms with Crippen molar-refractivity contribution in [3.8, 4) is 0 Å². The van der Waals surface area contributed by atoms with Gasteiger partial charge in [-0.05, 0) is 24.8 Å². The number of hydrogen-bond acceptors (Lipinski definition) is 1. The van der Waals surface area contributed by atoms with Crippen molar-refractivity contribution < 1.29 is 4.39 Å². The first kappa shape index (κ1) is 11.9. The molecule has 0 aliphatic heterocycles. The summed E-state index contributed by atoms with van der Waals surface area (Å²) in [6.45, 7) is 4.16. The van der Waals surface area contributed by atoms with E-state index in [9.17, 15) is 4.39 Å². The van der Waals surface area contributed by atoms with Crippen molar-refractivity contribution in [3.63, 3.8) is 0 Å². The van der Waals surface area contributed by atoms with Gasteiger partial charge in [0, 0.05) is 17.6 Å². The highest BCUT2D eigenvalue weighted by Crippen LogP contribution is 2.42. The SMILES string of the molecule is CC(C)NC(c1cccc(Cl)c1F)C1CC1. The minimum Gasteiger partial charge on any atom is -0.307 e. The van der Waals surface area contributed by atoms with Crippen LogP contribution in [-0.4, -0.2) is 6.04 Å². The molecule has 1 aromatic rings. The second kappa shape index (κ2) is 4.72. The van der Waals surface area contributed by atoms with E-state index in [0.29, 0.717) is 17.5 Å². The zero-order chi connectivity index (χ0) is 11.7. The van der Waals surface area contributed by atoms with Crippen molar-refractivity contribution in [2.75, 3.05) is 0 Å². The van der Waals surface area contributed by atoms with Crippen molar-refractivity contribution in [1.82, 2.24) is 5.32 Å². The minimum absolute atomic E-state index is 0.110. The van der Waals surface area contributed by atoms with Crippen LogP contribution in [0.3, 0.4) is 0 Å². The third-order valence-electron chi connectivity index (χ3n) is 2.92. The van der Waals surface area contributed by atoms with E-state index < -0.39 is 0 Å². The Labute approximate surface area is 101 Å². The van der Waals surface area contributed by atoms with Gasteiger partial charge in [-0.25, -0.2) is 4.39 Å². The van der Waals surface area contributed by atoms with Gasteiger partial charge in [-0.1, -0.05) is 37.6 Å². The molecule has 0 amide bonds. The number of halogens is 2. The topological polar surface area (TPSA) is 12.0 Å². The Kier molecular flexibility index (Phi) is 3.50. The molecular weight excluding hydrogens is 225 g/mol. The highest BCUT2D eigenvalue weighted by atomic mass is 35.5. The normalized spacial score (nSPS) is 17.8. The summed E-state index contributed by atoms with van der Waals surface area (Å²) in [6, 6.07) is 5.71. The van der Waals surface area contributed by atoms with E-state index in [1.807, 2.05) is 12.1 Å². The number of hydrogen-bond donors (Lipinski definition) is 1. The minimum atomic E-state index is -0.269. The summed E-state index contributed by atoms with van der Waals surface area (Å²) >= 11 is 5.82. The Morgan fingerprint density at radius 3 is 2.62 bits per heavy atom. The van der Waals surface area contributed by atoms with Crippen molar-refractivity contribution in [3.05, 3.63) is 34.6 Å². The fourth-order valence-corrected chi connectivity index (χ4v) is 2.21. The fourth-order valence-electron chi connectivity index (χ4n) is 2.03. The molecule has 0 spiro atoms. The van der Waals surface area contributed by atoms with Crippen molar-refractivity contribution in [2.24, 2.45) is 5.92 Å². The average molecular weight is 242 g/mol. The molecule has 0 bridgehead atoms. The van der Waals surface area contributed by atoms with Crippen LogP contribution >= 0.6 is 11.6 Å². The summed E-state index contributed by atoms with van der Waals surface area (Å²) in [5.41, 5.74) is 0.712. The van der Waals surface area contributed by atoms with Gasteiger partial charge in [-0.15, -0.1) is 0 Å². The molecule has 1 aromatic carbocycles. The van der Waals surface area contributed by atoms with E-state index >= 15 is 0 Å². The maximum absolute atomic E-state index is 13.9. The molecule has 2 rings (SSSR count). The number of nitrogens with one attached hydrogen (secondary N) is 1. The molecule has 1 aliphatic rings. The summed E-state index contributed by atoms with van der Waals surface area (Å²) in [7, 11) is 0. The molecule has 1 aliphatic carbocycles. The van der Waals surface area contributed by atoms with Crippen LogP contribution in [0.5, 0.6) is 0 Å². The van der Waals surface area contributed by atoms with Gasteiger partial charge in [0.25, 0.3) is 0 Å². The Morgan fingerprint density at radius 2 is 2.06 bits per heavy atom. The largest absolute Gasteiger partial charge is 0.307 e. The van der Waals surface area contributed by atoms with Crippen molar-refractivity contribution in [1.29, 1.82) is 0 Å². The molecule has 88 valence electrons. The predicted molar refractivity (Wildman–Crippen MR) is 65.1 cm³/mol. The molecule has 1 N–H and O–H groups in total. The lowest BCUT2D eigenvalue weighted by molar-refractivity contribution is 0.420. The Morgan fingerprint density at radius 1 is 1.38 bits per heavy atom. The highest BCUT2D eigenvalue weighted by molar-refractivity contribution is 6.30. The molecule has 3 heteroatoms.